The minimum Gasteiger partial charge on any atom is -0.481 e. The number of amides is 1. The fourth-order valence-electron chi connectivity index (χ4n) is 2.53. The molecule has 2 aromatic rings. The van der Waals surface area contributed by atoms with Gasteiger partial charge in [0.15, 0.2) is 6.10 Å². The molecule has 0 bridgehead atoms. The van der Waals surface area contributed by atoms with Crippen molar-refractivity contribution >= 4 is 11.6 Å². The molecule has 3 nitrogen and oxygen atoms in total. The summed E-state index contributed by atoms with van der Waals surface area (Å²) in [4.78, 5) is 12.6. The minimum absolute atomic E-state index is 0.104. The largest absolute Gasteiger partial charge is 0.481 e. The lowest BCUT2D eigenvalue weighted by Gasteiger charge is -2.21. The van der Waals surface area contributed by atoms with Crippen LogP contribution in [0.25, 0.3) is 0 Å². The van der Waals surface area contributed by atoms with Gasteiger partial charge in [-0.2, -0.15) is 0 Å². The molecule has 2 rings (SSSR count). The van der Waals surface area contributed by atoms with Crippen LogP contribution < -0.4 is 10.1 Å². The molecule has 23 heavy (non-hydrogen) atoms. The summed E-state index contributed by atoms with van der Waals surface area (Å²) in [5, 5.41) is 3.07. The molecule has 1 atom stereocenters. The van der Waals surface area contributed by atoms with E-state index in [0.717, 1.165) is 16.8 Å². The molecule has 122 valence electrons. The van der Waals surface area contributed by atoms with Crippen LogP contribution in [0, 0.1) is 6.92 Å². The molecule has 3 heteroatoms. The molecule has 0 saturated carbocycles. The third-order valence-electron chi connectivity index (χ3n) is 3.86. The summed E-state index contributed by atoms with van der Waals surface area (Å²) in [6, 6.07) is 15.6. The molecule has 0 aliphatic rings. The fourth-order valence-corrected chi connectivity index (χ4v) is 2.53. The van der Waals surface area contributed by atoms with E-state index in [1.807, 2.05) is 56.3 Å². The second kappa shape index (κ2) is 7.82. The quantitative estimate of drug-likeness (QED) is 0.822. The first-order chi connectivity index (χ1) is 11.0. The molecule has 0 saturated heterocycles. The SMILES string of the molecule is CC[C@@H](Oc1ccccc1)C(=O)Nc1c(C)cccc1C(C)C. The maximum Gasteiger partial charge on any atom is 0.265 e. The van der Waals surface area contributed by atoms with Crippen molar-refractivity contribution < 1.29 is 9.53 Å². The van der Waals surface area contributed by atoms with E-state index in [1.165, 1.54) is 0 Å². The molecule has 0 radical (unpaired) electrons. The Kier molecular flexibility index (Phi) is 5.80. The minimum atomic E-state index is -0.503. The number of nitrogens with one attached hydrogen (secondary N) is 1. The van der Waals surface area contributed by atoms with Crippen LogP contribution in [0.3, 0.4) is 0 Å². The van der Waals surface area contributed by atoms with Gasteiger partial charge in [-0.05, 0) is 42.5 Å². The van der Waals surface area contributed by atoms with Gasteiger partial charge in [-0.1, -0.05) is 57.2 Å². The maximum atomic E-state index is 12.6. The lowest BCUT2D eigenvalue weighted by atomic mass is 9.98. The van der Waals surface area contributed by atoms with Crippen LogP contribution >= 0.6 is 0 Å². The molecule has 2 aromatic carbocycles. The highest BCUT2D eigenvalue weighted by Crippen LogP contribution is 2.28. The monoisotopic (exact) mass is 311 g/mol. The molecule has 0 aromatic heterocycles. The van der Waals surface area contributed by atoms with Crippen LogP contribution in [0.1, 0.15) is 44.2 Å². The Morgan fingerprint density at radius 2 is 1.78 bits per heavy atom. The number of hydrogen-bond acceptors (Lipinski definition) is 2. The predicted molar refractivity (Wildman–Crippen MR) is 95.0 cm³/mol. The van der Waals surface area contributed by atoms with Crippen LogP contribution in [0.5, 0.6) is 5.75 Å². The molecular formula is C20H25NO2. The van der Waals surface area contributed by atoms with Crippen molar-refractivity contribution in [2.75, 3.05) is 5.32 Å². The topological polar surface area (TPSA) is 38.3 Å². The number of para-hydroxylation sites is 2. The molecule has 0 fully saturated rings. The van der Waals surface area contributed by atoms with Crippen LogP contribution in [0.15, 0.2) is 48.5 Å². The van der Waals surface area contributed by atoms with Crippen LogP contribution in [0.4, 0.5) is 5.69 Å². The van der Waals surface area contributed by atoms with Gasteiger partial charge in [-0.25, -0.2) is 0 Å². The highest BCUT2D eigenvalue weighted by molar-refractivity contribution is 5.95. The summed E-state index contributed by atoms with van der Waals surface area (Å²) in [5.74, 6) is 0.955. The molecule has 0 aliphatic carbocycles. The first kappa shape index (κ1) is 17.1. The second-order valence-electron chi connectivity index (χ2n) is 6.01. The Bertz CT molecular complexity index is 650. The third kappa shape index (κ3) is 4.35. The summed E-state index contributed by atoms with van der Waals surface area (Å²) in [6.45, 7) is 8.22. The van der Waals surface area contributed by atoms with Crippen molar-refractivity contribution in [3.8, 4) is 5.75 Å². The number of rotatable bonds is 6. The Morgan fingerprint density at radius 1 is 1.09 bits per heavy atom. The highest BCUT2D eigenvalue weighted by Gasteiger charge is 2.20. The van der Waals surface area contributed by atoms with Crippen LogP contribution in [-0.4, -0.2) is 12.0 Å². The van der Waals surface area contributed by atoms with Crippen molar-refractivity contribution in [1.29, 1.82) is 0 Å². The zero-order valence-electron chi connectivity index (χ0n) is 14.3. The van der Waals surface area contributed by atoms with E-state index in [0.29, 0.717) is 18.1 Å². The first-order valence-electron chi connectivity index (χ1n) is 8.15. The lowest BCUT2D eigenvalue weighted by molar-refractivity contribution is -0.122. The summed E-state index contributed by atoms with van der Waals surface area (Å²) < 4.78 is 5.83. The summed E-state index contributed by atoms with van der Waals surface area (Å²) in [6.07, 6.45) is 0.112. The van der Waals surface area contributed by atoms with E-state index in [1.54, 1.807) is 0 Å². The summed E-state index contributed by atoms with van der Waals surface area (Å²) in [7, 11) is 0. The Balaban J connectivity index is 2.17. The van der Waals surface area contributed by atoms with E-state index in [4.69, 9.17) is 4.74 Å². The summed E-state index contributed by atoms with van der Waals surface area (Å²) >= 11 is 0. The van der Waals surface area contributed by atoms with Gasteiger partial charge in [-0.3, -0.25) is 4.79 Å². The van der Waals surface area contributed by atoms with E-state index in [2.05, 4.69) is 25.2 Å². The lowest BCUT2D eigenvalue weighted by Crippen LogP contribution is -2.33. The van der Waals surface area contributed by atoms with Crippen molar-refractivity contribution in [1.82, 2.24) is 0 Å². The van der Waals surface area contributed by atoms with E-state index in [-0.39, 0.29) is 5.91 Å². The molecule has 0 spiro atoms. The van der Waals surface area contributed by atoms with Gasteiger partial charge in [0, 0.05) is 5.69 Å². The van der Waals surface area contributed by atoms with Gasteiger partial charge in [0.05, 0.1) is 0 Å². The van der Waals surface area contributed by atoms with E-state index >= 15 is 0 Å². The third-order valence-corrected chi connectivity index (χ3v) is 3.86. The first-order valence-corrected chi connectivity index (χ1v) is 8.15. The molecule has 0 unspecified atom stereocenters. The smallest absolute Gasteiger partial charge is 0.265 e. The normalized spacial score (nSPS) is 12.0. The van der Waals surface area contributed by atoms with Crippen molar-refractivity contribution in [3.05, 3.63) is 59.7 Å². The molecule has 0 aliphatic heterocycles. The molecular weight excluding hydrogens is 286 g/mol. The number of hydrogen-bond donors (Lipinski definition) is 1. The standard InChI is InChI=1S/C20H25NO2/c1-5-18(23-16-11-7-6-8-12-16)20(22)21-19-15(4)10-9-13-17(19)14(2)3/h6-14,18H,5H2,1-4H3,(H,21,22)/t18-/m1/s1. The van der Waals surface area contributed by atoms with Gasteiger partial charge in [-0.15, -0.1) is 0 Å². The van der Waals surface area contributed by atoms with Crippen molar-refractivity contribution in [2.45, 2.75) is 46.1 Å². The zero-order chi connectivity index (χ0) is 16.8. The second-order valence-corrected chi connectivity index (χ2v) is 6.01. The Morgan fingerprint density at radius 3 is 2.39 bits per heavy atom. The van der Waals surface area contributed by atoms with Gasteiger partial charge in [0.25, 0.3) is 5.91 Å². The average molecular weight is 311 g/mol. The number of carbonyl (C=O) groups is 1. The maximum absolute atomic E-state index is 12.6. The van der Waals surface area contributed by atoms with Gasteiger partial charge in [0.2, 0.25) is 0 Å². The van der Waals surface area contributed by atoms with Crippen molar-refractivity contribution in [3.63, 3.8) is 0 Å². The highest BCUT2D eigenvalue weighted by atomic mass is 16.5. The number of ether oxygens (including phenoxy) is 1. The van der Waals surface area contributed by atoms with E-state index in [9.17, 15) is 4.79 Å². The predicted octanol–water partition coefficient (Wildman–Crippen LogP) is 4.91. The number of benzene rings is 2. The van der Waals surface area contributed by atoms with Crippen LogP contribution in [0.2, 0.25) is 0 Å². The number of carbonyl (C=O) groups excluding carboxylic acids is 1. The Labute approximate surface area is 138 Å². The van der Waals surface area contributed by atoms with E-state index < -0.39 is 6.10 Å². The average Bonchev–Trinajstić information content (AvgIpc) is 2.55. The van der Waals surface area contributed by atoms with Gasteiger partial charge >= 0.3 is 0 Å². The van der Waals surface area contributed by atoms with Crippen molar-refractivity contribution in [2.24, 2.45) is 0 Å². The number of aryl methyl sites for hydroxylation is 1. The van der Waals surface area contributed by atoms with Crippen LogP contribution in [-0.2, 0) is 4.79 Å². The molecule has 1 N–H and O–H groups in total. The van der Waals surface area contributed by atoms with Gasteiger partial charge in [0.1, 0.15) is 5.75 Å². The van der Waals surface area contributed by atoms with Gasteiger partial charge < -0.3 is 10.1 Å². The summed E-state index contributed by atoms with van der Waals surface area (Å²) in [5.41, 5.74) is 3.12. The fraction of sp³-hybridized carbons (Fsp3) is 0.350. The molecule has 1 amide bonds. The zero-order valence-corrected chi connectivity index (χ0v) is 14.3. The Hall–Kier alpha value is -2.29. The molecule has 0 heterocycles. The number of anilines is 1.